The zero-order valence-electron chi connectivity index (χ0n) is 7.71. The van der Waals surface area contributed by atoms with Crippen molar-refractivity contribution in [2.24, 2.45) is 0 Å². The molecule has 2 N–H and O–H groups in total. The Bertz CT molecular complexity index is 413. The van der Waals surface area contributed by atoms with Crippen LogP contribution in [0.5, 0.6) is 5.75 Å². The fourth-order valence-corrected chi connectivity index (χ4v) is 0.872. The Hall–Kier alpha value is -2.18. The summed E-state index contributed by atoms with van der Waals surface area (Å²) in [5, 5.41) is 10.4. The van der Waals surface area contributed by atoms with Gasteiger partial charge in [0.2, 0.25) is 0 Å². The molecule has 0 atom stereocenters. The van der Waals surface area contributed by atoms with E-state index in [1.54, 1.807) is 0 Å². The van der Waals surface area contributed by atoms with Crippen molar-refractivity contribution in [3.8, 4) is 5.75 Å². The quantitative estimate of drug-likeness (QED) is 0.788. The molecule has 1 amide bonds. The third-order valence-corrected chi connectivity index (χ3v) is 1.46. The van der Waals surface area contributed by atoms with Crippen LogP contribution in [0.1, 0.15) is 0 Å². The Morgan fingerprint density at radius 1 is 1.19 bits per heavy atom. The third kappa shape index (κ3) is 3.52. The van der Waals surface area contributed by atoms with Gasteiger partial charge < -0.3 is 9.84 Å². The fraction of sp³-hybridized carbons (Fsp3) is 0. The van der Waals surface area contributed by atoms with E-state index in [9.17, 15) is 18.0 Å². The van der Waals surface area contributed by atoms with Crippen molar-refractivity contribution in [3.63, 3.8) is 0 Å². The molecule has 0 saturated carbocycles. The monoisotopic (exact) mass is 233 g/mol. The lowest BCUT2D eigenvalue weighted by Crippen LogP contribution is -2.06. The number of carboxylic acid groups (broad SMARTS) is 1. The molecule has 0 spiro atoms. The number of hydrogen-bond acceptors (Lipinski definition) is 2. The minimum Gasteiger partial charge on any atom is -0.465 e. The first kappa shape index (κ1) is 11.9. The summed E-state index contributed by atoms with van der Waals surface area (Å²) >= 11 is 0. The lowest BCUT2D eigenvalue weighted by molar-refractivity contribution is 0.209. The SMILES string of the molecule is O=C(O)Nc1ccc(OC(F)=C(F)F)cc1. The summed E-state index contributed by atoms with van der Waals surface area (Å²) in [6.07, 6.45) is -3.83. The molecular weight excluding hydrogens is 227 g/mol. The molecule has 16 heavy (non-hydrogen) atoms. The van der Waals surface area contributed by atoms with Gasteiger partial charge in [-0.3, -0.25) is 5.32 Å². The molecule has 0 heterocycles. The van der Waals surface area contributed by atoms with Crippen LogP contribution < -0.4 is 10.1 Å². The summed E-state index contributed by atoms with van der Waals surface area (Å²) in [5.41, 5.74) is 0.213. The van der Waals surface area contributed by atoms with E-state index in [2.05, 4.69) is 4.74 Å². The molecule has 0 aliphatic rings. The molecular formula is C9H6F3NO3. The van der Waals surface area contributed by atoms with Crippen LogP contribution in [0.3, 0.4) is 0 Å². The average molecular weight is 233 g/mol. The summed E-state index contributed by atoms with van der Waals surface area (Å²) in [6, 6.07) is 2.79. The topological polar surface area (TPSA) is 58.6 Å². The molecule has 1 aromatic carbocycles. The van der Waals surface area contributed by atoms with Crippen LogP contribution in [0, 0.1) is 0 Å². The molecule has 4 nitrogen and oxygen atoms in total. The molecule has 0 aliphatic carbocycles. The molecule has 1 aromatic rings. The molecule has 0 aromatic heterocycles. The van der Waals surface area contributed by atoms with Gasteiger partial charge in [-0.25, -0.2) is 4.79 Å². The second-order valence-corrected chi connectivity index (χ2v) is 2.59. The third-order valence-electron chi connectivity index (χ3n) is 1.46. The molecule has 0 fully saturated rings. The molecule has 0 saturated heterocycles. The maximum Gasteiger partial charge on any atom is 0.409 e. The molecule has 7 heteroatoms. The Labute approximate surface area is 88.0 Å². The van der Waals surface area contributed by atoms with Gasteiger partial charge in [0.05, 0.1) is 0 Å². The Morgan fingerprint density at radius 3 is 2.19 bits per heavy atom. The highest BCUT2D eigenvalue weighted by Gasteiger charge is 2.07. The number of benzene rings is 1. The van der Waals surface area contributed by atoms with E-state index in [4.69, 9.17) is 5.11 Å². The van der Waals surface area contributed by atoms with E-state index in [0.29, 0.717) is 0 Å². The largest absolute Gasteiger partial charge is 0.465 e. The van der Waals surface area contributed by atoms with Crippen LogP contribution in [0.25, 0.3) is 0 Å². The lowest BCUT2D eigenvalue weighted by atomic mass is 10.3. The average Bonchev–Trinajstić information content (AvgIpc) is 2.20. The second kappa shape index (κ2) is 5.06. The van der Waals surface area contributed by atoms with Gasteiger partial charge in [0.25, 0.3) is 0 Å². The smallest absolute Gasteiger partial charge is 0.409 e. The van der Waals surface area contributed by atoms with Crippen molar-refractivity contribution in [1.29, 1.82) is 0 Å². The highest BCUT2D eigenvalue weighted by molar-refractivity contribution is 5.82. The Morgan fingerprint density at radius 2 is 1.75 bits per heavy atom. The van der Waals surface area contributed by atoms with Crippen LogP contribution >= 0.6 is 0 Å². The van der Waals surface area contributed by atoms with Gasteiger partial charge in [0, 0.05) is 5.69 Å². The zero-order valence-corrected chi connectivity index (χ0v) is 7.71. The number of halogens is 3. The molecule has 0 unspecified atom stereocenters. The highest BCUT2D eigenvalue weighted by atomic mass is 19.3. The standard InChI is InChI=1S/C9H6F3NO3/c10-7(11)8(12)16-6-3-1-5(2-4-6)13-9(14)15/h1-4,13H,(H,14,15). The van der Waals surface area contributed by atoms with Gasteiger partial charge in [0.1, 0.15) is 5.75 Å². The van der Waals surface area contributed by atoms with Crippen molar-refractivity contribution >= 4 is 11.8 Å². The summed E-state index contributed by atoms with van der Waals surface area (Å²) < 4.78 is 39.8. The minimum absolute atomic E-state index is 0.166. The van der Waals surface area contributed by atoms with E-state index in [0.717, 1.165) is 12.1 Å². The van der Waals surface area contributed by atoms with Gasteiger partial charge in [-0.15, -0.1) is 0 Å². The summed E-state index contributed by atoms with van der Waals surface area (Å²) in [7, 11) is 0. The second-order valence-electron chi connectivity index (χ2n) is 2.59. The van der Waals surface area contributed by atoms with E-state index in [1.807, 2.05) is 5.32 Å². The van der Waals surface area contributed by atoms with Gasteiger partial charge in [-0.2, -0.15) is 13.2 Å². The predicted molar refractivity (Wildman–Crippen MR) is 49.1 cm³/mol. The normalized spacial score (nSPS) is 9.44. The summed E-state index contributed by atoms with van der Waals surface area (Å²) in [4.78, 5) is 10.2. The van der Waals surface area contributed by atoms with Gasteiger partial charge >= 0.3 is 18.2 Å². The van der Waals surface area contributed by atoms with Crippen LogP contribution in [-0.4, -0.2) is 11.2 Å². The van der Waals surface area contributed by atoms with E-state index < -0.39 is 18.2 Å². The molecule has 0 bridgehead atoms. The van der Waals surface area contributed by atoms with E-state index >= 15 is 0 Å². The number of ether oxygens (including phenoxy) is 1. The minimum atomic E-state index is -2.56. The van der Waals surface area contributed by atoms with Gasteiger partial charge in [-0.05, 0) is 24.3 Å². The number of anilines is 1. The fourth-order valence-electron chi connectivity index (χ4n) is 0.872. The number of amides is 1. The van der Waals surface area contributed by atoms with E-state index in [1.165, 1.54) is 12.1 Å². The molecule has 0 radical (unpaired) electrons. The number of rotatable bonds is 3. The van der Waals surface area contributed by atoms with Crippen LogP contribution in [0.4, 0.5) is 23.7 Å². The maximum atomic E-state index is 12.3. The van der Waals surface area contributed by atoms with Crippen LogP contribution in [-0.2, 0) is 0 Å². The number of nitrogens with one attached hydrogen (secondary N) is 1. The van der Waals surface area contributed by atoms with E-state index in [-0.39, 0.29) is 11.4 Å². The maximum absolute atomic E-state index is 12.3. The highest BCUT2D eigenvalue weighted by Crippen LogP contribution is 2.20. The van der Waals surface area contributed by atoms with Crippen LogP contribution in [0.15, 0.2) is 36.4 Å². The first-order valence-corrected chi connectivity index (χ1v) is 3.97. The van der Waals surface area contributed by atoms with Crippen molar-refractivity contribution < 1.29 is 27.8 Å². The van der Waals surface area contributed by atoms with Crippen molar-refractivity contribution in [2.45, 2.75) is 0 Å². The number of carbonyl (C=O) groups is 1. The van der Waals surface area contributed by atoms with Crippen molar-refractivity contribution in [2.75, 3.05) is 5.32 Å². The van der Waals surface area contributed by atoms with Crippen molar-refractivity contribution in [1.82, 2.24) is 0 Å². The molecule has 0 aliphatic heterocycles. The van der Waals surface area contributed by atoms with Crippen LogP contribution in [0.2, 0.25) is 0 Å². The van der Waals surface area contributed by atoms with Gasteiger partial charge in [-0.1, -0.05) is 0 Å². The Kier molecular flexibility index (Phi) is 3.76. The predicted octanol–water partition coefficient (Wildman–Crippen LogP) is 3.19. The lowest BCUT2D eigenvalue weighted by Gasteiger charge is -2.03. The zero-order chi connectivity index (χ0) is 12.1. The van der Waals surface area contributed by atoms with Gasteiger partial charge in [0.15, 0.2) is 0 Å². The van der Waals surface area contributed by atoms with Crippen molar-refractivity contribution in [3.05, 3.63) is 36.4 Å². The Balaban J connectivity index is 2.72. The molecule has 1 rings (SSSR count). The summed E-state index contributed by atoms with van der Waals surface area (Å²) in [5.74, 6) is -0.166. The number of hydrogen-bond donors (Lipinski definition) is 2. The first-order valence-electron chi connectivity index (χ1n) is 3.97. The first-order chi connectivity index (χ1) is 7.49. The molecule has 86 valence electrons. The summed E-state index contributed by atoms with van der Waals surface area (Å²) in [6.45, 7) is 0.